The van der Waals surface area contributed by atoms with Crippen LogP contribution in [0.1, 0.15) is 33.6 Å². The summed E-state index contributed by atoms with van der Waals surface area (Å²) >= 11 is 11.7. The van der Waals surface area contributed by atoms with Gasteiger partial charge >= 0.3 is 0 Å². The molecule has 1 unspecified atom stereocenters. The van der Waals surface area contributed by atoms with Gasteiger partial charge in [0.05, 0.1) is 5.54 Å². The van der Waals surface area contributed by atoms with Gasteiger partial charge in [-0.3, -0.25) is 4.79 Å². The fourth-order valence-corrected chi connectivity index (χ4v) is 2.44. The first kappa shape index (κ1) is 13.1. The van der Waals surface area contributed by atoms with Crippen molar-refractivity contribution in [3.8, 4) is 0 Å². The first-order valence-electron chi connectivity index (χ1n) is 5.35. The molecule has 1 amide bonds. The lowest BCUT2D eigenvalue weighted by atomic mass is 10.0. The topological polar surface area (TPSA) is 29.1 Å². The van der Waals surface area contributed by atoms with Gasteiger partial charge in [0.2, 0.25) is 5.91 Å². The van der Waals surface area contributed by atoms with Crippen molar-refractivity contribution in [2.45, 2.75) is 39.2 Å². The first-order chi connectivity index (χ1) is 6.90. The molecule has 88 valence electrons. The molecular weight excluding hydrogens is 233 g/mol. The van der Waals surface area contributed by atoms with Crippen LogP contribution < -0.4 is 5.32 Å². The lowest BCUT2D eigenvalue weighted by Crippen LogP contribution is -2.52. The quantitative estimate of drug-likeness (QED) is 0.749. The second kappa shape index (κ2) is 4.50. The third-order valence-corrected chi connectivity index (χ3v) is 4.43. The Labute approximate surface area is 102 Å². The third kappa shape index (κ3) is 2.79. The molecule has 1 aliphatic rings. The summed E-state index contributed by atoms with van der Waals surface area (Å²) in [5, 5.41) is 2.99. The Kier molecular flexibility index (Phi) is 3.94. The van der Waals surface area contributed by atoms with E-state index in [1.165, 1.54) is 0 Å². The van der Waals surface area contributed by atoms with E-state index >= 15 is 0 Å². The summed E-state index contributed by atoms with van der Waals surface area (Å²) in [5.74, 6) is 0.968. The van der Waals surface area contributed by atoms with Crippen LogP contribution in [0.25, 0.3) is 0 Å². The molecule has 15 heavy (non-hydrogen) atoms. The number of nitrogens with one attached hydrogen (secondary N) is 1. The SMILES string of the molecule is CCC(CCl)(CCl)NC(=O)C1CC1(C)C. The molecule has 0 saturated heterocycles. The van der Waals surface area contributed by atoms with Crippen molar-refractivity contribution in [1.29, 1.82) is 0 Å². The minimum atomic E-state index is -0.432. The maximum Gasteiger partial charge on any atom is 0.224 e. The highest BCUT2D eigenvalue weighted by molar-refractivity contribution is 6.22. The van der Waals surface area contributed by atoms with Gasteiger partial charge in [-0.15, -0.1) is 23.2 Å². The normalized spacial score (nSPS) is 23.7. The van der Waals surface area contributed by atoms with E-state index in [0.717, 1.165) is 12.8 Å². The maximum absolute atomic E-state index is 11.9. The Bertz CT molecular complexity index is 241. The zero-order chi connectivity index (χ0) is 11.7. The molecule has 0 aromatic carbocycles. The molecule has 1 N–H and O–H groups in total. The molecule has 1 fully saturated rings. The van der Waals surface area contributed by atoms with Crippen LogP contribution in [0.5, 0.6) is 0 Å². The van der Waals surface area contributed by atoms with Crippen molar-refractivity contribution in [3.05, 3.63) is 0 Å². The summed E-state index contributed by atoms with van der Waals surface area (Å²) < 4.78 is 0. The lowest BCUT2D eigenvalue weighted by molar-refractivity contribution is -0.124. The van der Waals surface area contributed by atoms with E-state index in [-0.39, 0.29) is 17.2 Å². The molecule has 0 aromatic heterocycles. The van der Waals surface area contributed by atoms with Crippen LogP contribution in [0.2, 0.25) is 0 Å². The number of carbonyl (C=O) groups is 1. The fraction of sp³-hybridized carbons (Fsp3) is 0.909. The average Bonchev–Trinajstić information content (AvgIpc) is 2.84. The van der Waals surface area contributed by atoms with Gasteiger partial charge in [-0.2, -0.15) is 0 Å². The smallest absolute Gasteiger partial charge is 0.224 e. The number of halogens is 2. The van der Waals surface area contributed by atoms with Crippen molar-refractivity contribution in [2.75, 3.05) is 11.8 Å². The lowest BCUT2D eigenvalue weighted by Gasteiger charge is -2.29. The van der Waals surface area contributed by atoms with Gasteiger partial charge in [0.15, 0.2) is 0 Å². The monoisotopic (exact) mass is 251 g/mol. The van der Waals surface area contributed by atoms with Gasteiger partial charge in [-0.1, -0.05) is 20.8 Å². The molecule has 1 rings (SSSR count). The average molecular weight is 252 g/mol. The van der Waals surface area contributed by atoms with Crippen molar-refractivity contribution in [1.82, 2.24) is 5.32 Å². The second-order valence-electron chi connectivity index (χ2n) is 5.14. The highest BCUT2D eigenvalue weighted by atomic mass is 35.5. The maximum atomic E-state index is 11.9. The van der Waals surface area contributed by atoms with Crippen molar-refractivity contribution in [2.24, 2.45) is 11.3 Å². The predicted octanol–water partition coefficient (Wildman–Crippen LogP) is 2.78. The van der Waals surface area contributed by atoms with E-state index in [4.69, 9.17) is 23.2 Å². The molecule has 0 radical (unpaired) electrons. The summed E-state index contributed by atoms with van der Waals surface area (Å²) in [4.78, 5) is 11.9. The predicted molar refractivity (Wildman–Crippen MR) is 64.5 cm³/mol. The molecule has 1 aliphatic carbocycles. The summed E-state index contributed by atoms with van der Waals surface area (Å²) in [5.41, 5.74) is -0.277. The van der Waals surface area contributed by atoms with Crippen LogP contribution in [-0.4, -0.2) is 23.2 Å². The van der Waals surface area contributed by atoms with Crippen LogP contribution in [-0.2, 0) is 4.79 Å². The highest BCUT2D eigenvalue weighted by Crippen LogP contribution is 2.51. The number of rotatable bonds is 5. The zero-order valence-electron chi connectivity index (χ0n) is 9.57. The van der Waals surface area contributed by atoms with Crippen LogP contribution in [0.3, 0.4) is 0 Å². The summed E-state index contributed by atoms with van der Waals surface area (Å²) in [6.07, 6.45) is 1.72. The molecule has 1 atom stereocenters. The zero-order valence-corrected chi connectivity index (χ0v) is 11.1. The Balaban J connectivity index is 2.56. The van der Waals surface area contributed by atoms with Crippen LogP contribution in [0.4, 0.5) is 0 Å². The Morgan fingerprint density at radius 1 is 1.47 bits per heavy atom. The Morgan fingerprint density at radius 3 is 2.20 bits per heavy atom. The van der Waals surface area contributed by atoms with Gasteiger partial charge in [0, 0.05) is 17.7 Å². The van der Waals surface area contributed by atoms with Crippen molar-refractivity contribution in [3.63, 3.8) is 0 Å². The molecule has 0 heterocycles. The van der Waals surface area contributed by atoms with Crippen LogP contribution >= 0.6 is 23.2 Å². The number of alkyl halides is 2. The van der Waals surface area contributed by atoms with Gasteiger partial charge in [0.1, 0.15) is 0 Å². The summed E-state index contributed by atoms with van der Waals surface area (Å²) in [6.45, 7) is 6.20. The van der Waals surface area contributed by atoms with Gasteiger partial charge in [-0.25, -0.2) is 0 Å². The molecule has 0 spiro atoms. The number of carbonyl (C=O) groups excluding carboxylic acids is 1. The Hall–Kier alpha value is 0.0500. The molecule has 0 aromatic rings. The molecule has 0 bridgehead atoms. The molecule has 2 nitrogen and oxygen atoms in total. The minimum Gasteiger partial charge on any atom is -0.348 e. The summed E-state index contributed by atoms with van der Waals surface area (Å²) in [6, 6.07) is 0. The van der Waals surface area contributed by atoms with Gasteiger partial charge < -0.3 is 5.32 Å². The van der Waals surface area contributed by atoms with Crippen molar-refractivity contribution >= 4 is 29.1 Å². The van der Waals surface area contributed by atoms with E-state index in [0.29, 0.717) is 11.8 Å². The molecular formula is C11H19Cl2NO. The van der Waals surface area contributed by atoms with E-state index < -0.39 is 5.54 Å². The number of hydrogen-bond acceptors (Lipinski definition) is 1. The van der Waals surface area contributed by atoms with E-state index in [9.17, 15) is 4.79 Å². The van der Waals surface area contributed by atoms with Gasteiger partial charge in [-0.05, 0) is 18.3 Å². The third-order valence-electron chi connectivity index (χ3n) is 3.41. The van der Waals surface area contributed by atoms with Crippen molar-refractivity contribution < 1.29 is 4.79 Å². The van der Waals surface area contributed by atoms with E-state index in [1.807, 2.05) is 6.92 Å². The fourth-order valence-electron chi connectivity index (χ4n) is 1.64. The molecule has 4 heteroatoms. The largest absolute Gasteiger partial charge is 0.348 e. The van der Waals surface area contributed by atoms with E-state index in [2.05, 4.69) is 19.2 Å². The van der Waals surface area contributed by atoms with Gasteiger partial charge in [0.25, 0.3) is 0 Å². The van der Waals surface area contributed by atoms with Crippen LogP contribution in [0, 0.1) is 11.3 Å². The second-order valence-corrected chi connectivity index (χ2v) is 5.67. The highest BCUT2D eigenvalue weighted by Gasteiger charge is 2.51. The molecule has 1 saturated carbocycles. The number of amides is 1. The number of hydrogen-bond donors (Lipinski definition) is 1. The minimum absolute atomic E-state index is 0.100. The Morgan fingerprint density at radius 2 is 1.93 bits per heavy atom. The standard InChI is InChI=1S/C11H19Cl2NO/c1-4-11(6-12,7-13)14-9(15)8-5-10(8,2)3/h8H,4-7H2,1-3H3,(H,14,15). The summed E-state index contributed by atoms with van der Waals surface area (Å²) in [7, 11) is 0. The first-order valence-corrected chi connectivity index (χ1v) is 6.41. The van der Waals surface area contributed by atoms with Crippen LogP contribution in [0.15, 0.2) is 0 Å². The molecule has 0 aliphatic heterocycles. The van der Waals surface area contributed by atoms with E-state index in [1.54, 1.807) is 0 Å².